The van der Waals surface area contributed by atoms with Crippen LogP contribution in [0.5, 0.6) is 0 Å². The van der Waals surface area contributed by atoms with Crippen LogP contribution in [0.15, 0.2) is 0 Å². The van der Waals surface area contributed by atoms with E-state index >= 15 is 0 Å². The number of halogens is 1. The topological polar surface area (TPSA) is 17.1 Å². The molecule has 0 aromatic rings. The number of hydrogen-bond acceptors (Lipinski definition) is 1. The van der Waals surface area contributed by atoms with Crippen molar-refractivity contribution in [1.29, 1.82) is 0 Å². The molecule has 0 saturated heterocycles. The van der Waals surface area contributed by atoms with Crippen LogP contribution in [0, 0.1) is 47.3 Å². The van der Waals surface area contributed by atoms with E-state index in [1.165, 1.54) is 6.42 Å². The highest BCUT2D eigenvalue weighted by molar-refractivity contribution is 14.1. The van der Waals surface area contributed by atoms with E-state index in [-0.39, 0.29) is 0 Å². The highest BCUT2D eigenvalue weighted by atomic mass is 127. The zero-order chi connectivity index (χ0) is 8.48. The standard InChI is InChI=1S/C11H11IO/c12-10-6-2-1-3-4(6)9-8(10)5(2)7(3)11(9)13/h2-10H,1H2/t2-,3+,4-,5-,6-,7-,8-,9+,10+/m0/s1. The van der Waals surface area contributed by atoms with Crippen molar-refractivity contribution in [2.24, 2.45) is 47.3 Å². The summed E-state index contributed by atoms with van der Waals surface area (Å²) in [6, 6.07) is 0. The van der Waals surface area contributed by atoms with Crippen LogP contribution in [0.1, 0.15) is 6.42 Å². The molecule has 0 aromatic heterocycles. The van der Waals surface area contributed by atoms with Crippen molar-refractivity contribution in [2.45, 2.75) is 10.3 Å². The Labute approximate surface area is 90.8 Å². The Kier molecular flexibility index (Phi) is 0.856. The van der Waals surface area contributed by atoms with Crippen LogP contribution < -0.4 is 0 Å². The highest BCUT2D eigenvalue weighted by Crippen LogP contribution is 2.82. The molecule has 2 heteroatoms. The molecule has 0 heterocycles. The van der Waals surface area contributed by atoms with Gasteiger partial charge in [0.15, 0.2) is 0 Å². The van der Waals surface area contributed by atoms with Gasteiger partial charge in [0.25, 0.3) is 0 Å². The molecule has 1 nitrogen and oxygen atoms in total. The summed E-state index contributed by atoms with van der Waals surface area (Å²) in [4.78, 5) is 12.0. The molecule has 0 aromatic carbocycles. The molecule has 0 radical (unpaired) electrons. The van der Waals surface area contributed by atoms with Gasteiger partial charge in [0.05, 0.1) is 0 Å². The van der Waals surface area contributed by atoms with Crippen molar-refractivity contribution >= 4 is 28.4 Å². The molecule has 0 N–H and O–H groups in total. The molecular weight excluding hydrogens is 275 g/mol. The Morgan fingerprint density at radius 2 is 1.77 bits per heavy atom. The fourth-order valence-electron chi connectivity index (χ4n) is 6.20. The molecule has 0 unspecified atom stereocenters. The molecule has 0 amide bonds. The number of ketones is 1. The zero-order valence-corrected chi connectivity index (χ0v) is 9.35. The lowest BCUT2D eigenvalue weighted by Crippen LogP contribution is -2.30. The maximum atomic E-state index is 12.0. The Bertz CT molecular complexity index is 350. The zero-order valence-electron chi connectivity index (χ0n) is 7.19. The molecule has 0 aliphatic heterocycles. The van der Waals surface area contributed by atoms with Crippen LogP contribution in [0.3, 0.4) is 0 Å². The Morgan fingerprint density at radius 3 is 2.54 bits per heavy atom. The lowest BCUT2D eigenvalue weighted by Gasteiger charge is -2.32. The summed E-state index contributed by atoms with van der Waals surface area (Å²) in [6.07, 6.45) is 1.43. The second kappa shape index (κ2) is 1.63. The lowest BCUT2D eigenvalue weighted by molar-refractivity contribution is -0.122. The fourth-order valence-corrected chi connectivity index (χ4v) is 8.13. The molecule has 6 saturated carbocycles. The van der Waals surface area contributed by atoms with Crippen LogP contribution in [0.25, 0.3) is 0 Å². The third-order valence-electron chi connectivity index (χ3n) is 6.01. The number of Topliss-reactive ketones (excluding diaryl/α,β-unsaturated/α-hetero) is 1. The van der Waals surface area contributed by atoms with Crippen molar-refractivity contribution < 1.29 is 4.79 Å². The quantitative estimate of drug-likeness (QED) is 0.490. The van der Waals surface area contributed by atoms with E-state index in [0.717, 1.165) is 39.4 Å². The Morgan fingerprint density at radius 1 is 1.00 bits per heavy atom. The maximum absolute atomic E-state index is 12.0. The van der Waals surface area contributed by atoms with E-state index in [4.69, 9.17) is 0 Å². The average molecular weight is 286 g/mol. The predicted molar refractivity (Wildman–Crippen MR) is 55.4 cm³/mol. The van der Waals surface area contributed by atoms with Gasteiger partial charge in [-0.2, -0.15) is 0 Å². The summed E-state index contributed by atoms with van der Waals surface area (Å²) in [5.41, 5.74) is 0. The van der Waals surface area contributed by atoms with E-state index in [1.54, 1.807) is 0 Å². The molecule has 6 aliphatic carbocycles. The van der Waals surface area contributed by atoms with Gasteiger partial charge in [-0.05, 0) is 41.9 Å². The fraction of sp³-hybridized carbons (Fsp3) is 0.909. The summed E-state index contributed by atoms with van der Waals surface area (Å²) in [6.45, 7) is 0. The van der Waals surface area contributed by atoms with E-state index in [0.29, 0.717) is 17.6 Å². The summed E-state index contributed by atoms with van der Waals surface area (Å²) < 4.78 is 0.879. The summed E-state index contributed by atoms with van der Waals surface area (Å²) in [5.74, 6) is 7.27. The molecule has 6 fully saturated rings. The summed E-state index contributed by atoms with van der Waals surface area (Å²) >= 11 is 2.66. The molecule has 0 spiro atoms. The third kappa shape index (κ3) is 0.422. The number of carbonyl (C=O) groups excluding carboxylic acids is 1. The van der Waals surface area contributed by atoms with Gasteiger partial charge in [-0.3, -0.25) is 4.79 Å². The summed E-state index contributed by atoms with van der Waals surface area (Å²) in [5, 5.41) is 0. The molecule has 6 aliphatic rings. The van der Waals surface area contributed by atoms with Crippen molar-refractivity contribution in [2.75, 3.05) is 0 Å². The van der Waals surface area contributed by atoms with Crippen LogP contribution in [0.4, 0.5) is 0 Å². The van der Waals surface area contributed by atoms with Gasteiger partial charge in [-0.15, -0.1) is 0 Å². The first-order valence-corrected chi connectivity index (χ1v) is 6.73. The average Bonchev–Trinajstić information content (AvgIpc) is 2.78. The van der Waals surface area contributed by atoms with Crippen molar-refractivity contribution in [3.05, 3.63) is 0 Å². The lowest BCUT2D eigenvalue weighted by atomic mass is 9.71. The van der Waals surface area contributed by atoms with Crippen molar-refractivity contribution in [3.8, 4) is 0 Å². The maximum Gasteiger partial charge on any atom is 0.140 e. The molecule has 68 valence electrons. The smallest absolute Gasteiger partial charge is 0.140 e. The van der Waals surface area contributed by atoms with Gasteiger partial charge < -0.3 is 0 Å². The van der Waals surface area contributed by atoms with E-state index in [9.17, 15) is 4.79 Å². The van der Waals surface area contributed by atoms with Crippen LogP contribution >= 0.6 is 22.6 Å². The second-order valence-corrected chi connectivity index (χ2v) is 7.21. The molecule has 13 heavy (non-hydrogen) atoms. The van der Waals surface area contributed by atoms with Gasteiger partial charge in [-0.25, -0.2) is 0 Å². The minimum absolute atomic E-state index is 0.561. The number of rotatable bonds is 0. The second-order valence-electron chi connectivity index (χ2n) is 5.77. The number of carbonyl (C=O) groups is 1. The number of hydrogen-bond donors (Lipinski definition) is 0. The first kappa shape index (κ1) is 6.81. The molecule has 6 rings (SSSR count). The summed E-state index contributed by atoms with van der Waals surface area (Å²) in [7, 11) is 0. The van der Waals surface area contributed by atoms with Gasteiger partial charge in [0, 0.05) is 15.8 Å². The van der Waals surface area contributed by atoms with E-state index in [2.05, 4.69) is 22.6 Å². The minimum atomic E-state index is 0.561. The predicted octanol–water partition coefficient (Wildman–Crippen LogP) is 1.75. The van der Waals surface area contributed by atoms with Crippen LogP contribution in [0.2, 0.25) is 0 Å². The largest absolute Gasteiger partial charge is 0.299 e. The van der Waals surface area contributed by atoms with E-state index in [1.807, 2.05) is 0 Å². The molecular formula is C11H11IO. The monoisotopic (exact) mass is 286 g/mol. The van der Waals surface area contributed by atoms with Crippen molar-refractivity contribution in [1.82, 2.24) is 0 Å². The first-order valence-electron chi connectivity index (χ1n) is 5.48. The van der Waals surface area contributed by atoms with Gasteiger partial charge in [-0.1, -0.05) is 22.6 Å². The third-order valence-corrected chi connectivity index (χ3v) is 7.67. The first-order chi connectivity index (χ1) is 6.30. The minimum Gasteiger partial charge on any atom is -0.299 e. The van der Waals surface area contributed by atoms with Gasteiger partial charge in [0.1, 0.15) is 5.78 Å². The van der Waals surface area contributed by atoms with Crippen LogP contribution in [-0.4, -0.2) is 9.71 Å². The van der Waals surface area contributed by atoms with Gasteiger partial charge in [0.2, 0.25) is 0 Å². The SMILES string of the molecule is O=C1[C@H]2[C@H]3[C@H](I)[C@H]4[C@H]5C[C@@H]([C@H]1[C@H]53)[C@H]24. The van der Waals surface area contributed by atoms with Gasteiger partial charge >= 0.3 is 0 Å². The number of alkyl halides is 1. The molecule has 6 bridgehead atoms. The molecule has 9 atom stereocenters. The van der Waals surface area contributed by atoms with Crippen LogP contribution in [-0.2, 0) is 4.79 Å². The Hall–Kier alpha value is 0.400. The highest BCUT2D eigenvalue weighted by Gasteiger charge is 2.83. The Balaban J connectivity index is 1.90. The van der Waals surface area contributed by atoms with E-state index < -0.39 is 0 Å². The normalized spacial score (nSPS) is 79.8. The van der Waals surface area contributed by atoms with Crippen molar-refractivity contribution in [3.63, 3.8) is 0 Å².